The van der Waals surface area contributed by atoms with Crippen molar-refractivity contribution in [1.82, 2.24) is 9.88 Å². The minimum Gasteiger partial charge on any atom is -0.326 e. The number of rotatable bonds is 4. The zero-order chi connectivity index (χ0) is 16.4. The first-order valence-electron chi connectivity index (χ1n) is 7.24. The molecule has 0 saturated carbocycles. The van der Waals surface area contributed by atoms with Crippen LogP contribution in [0.4, 0.5) is 5.69 Å². The van der Waals surface area contributed by atoms with Gasteiger partial charge in [0.2, 0.25) is 5.91 Å². The van der Waals surface area contributed by atoms with Gasteiger partial charge in [0.15, 0.2) is 0 Å². The smallest absolute Gasteiger partial charge is 0.261 e. The van der Waals surface area contributed by atoms with Crippen molar-refractivity contribution in [3.05, 3.63) is 59.4 Å². The third-order valence-electron chi connectivity index (χ3n) is 3.61. The molecule has 1 aromatic heterocycles. The highest BCUT2D eigenvalue weighted by molar-refractivity contribution is 6.21. The molecule has 0 radical (unpaired) electrons. The maximum atomic E-state index is 12.4. The zero-order valence-electron chi connectivity index (χ0n) is 12.6. The summed E-state index contributed by atoms with van der Waals surface area (Å²) >= 11 is 0. The maximum absolute atomic E-state index is 12.4. The predicted octanol–water partition coefficient (Wildman–Crippen LogP) is 1.88. The van der Waals surface area contributed by atoms with Crippen molar-refractivity contribution < 1.29 is 14.4 Å². The molecule has 0 unspecified atom stereocenters. The Kier molecular flexibility index (Phi) is 3.89. The summed E-state index contributed by atoms with van der Waals surface area (Å²) in [5, 5.41) is 2.61. The highest BCUT2D eigenvalue weighted by atomic mass is 16.2. The molecule has 3 rings (SSSR count). The number of nitrogens with zero attached hydrogens (tertiary/aromatic N) is 2. The average molecular weight is 309 g/mol. The molecular formula is C17H15N3O3. The van der Waals surface area contributed by atoms with E-state index in [1.165, 1.54) is 17.9 Å². The van der Waals surface area contributed by atoms with Gasteiger partial charge in [0.1, 0.15) is 0 Å². The van der Waals surface area contributed by atoms with Crippen LogP contribution < -0.4 is 5.32 Å². The number of hydrogen-bond donors (Lipinski definition) is 1. The van der Waals surface area contributed by atoms with Crippen LogP contribution in [0.2, 0.25) is 0 Å². The van der Waals surface area contributed by atoms with E-state index in [2.05, 4.69) is 10.3 Å². The van der Waals surface area contributed by atoms with Gasteiger partial charge in [-0.1, -0.05) is 6.07 Å². The first kappa shape index (κ1) is 14.9. The molecule has 116 valence electrons. The number of imide groups is 1. The number of aromatic nitrogens is 1. The second kappa shape index (κ2) is 6.00. The van der Waals surface area contributed by atoms with Crippen LogP contribution in [0.25, 0.3) is 0 Å². The van der Waals surface area contributed by atoms with Crippen molar-refractivity contribution in [2.24, 2.45) is 0 Å². The molecule has 3 amide bonds. The molecule has 0 bridgehead atoms. The second-order valence-electron chi connectivity index (χ2n) is 5.27. The number of benzene rings is 1. The first-order chi connectivity index (χ1) is 11.1. The summed E-state index contributed by atoms with van der Waals surface area (Å²) in [6, 6.07) is 10.3. The number of fused-ring (bicyclic) bond motifs is 1. The van der Waals surface area contributed by atoms with Gasteiger partial charge < -0.3 is 5.32 Å². The fourth-order valence-corrected chi connectivity index (χ4v) is 2.55. The lowest BCUT2D eigenvalue weighted by Gasteiger charge is -2.13. The van der Waals surface area contributed by atoms with E-state index in [1.807, 2.05) is 18.2 Å². The van der Waals surface area contributed by atoms with Gasteiger partial charge in [-0.05, 0) is 30.3 Å². The van der Waals surface area contributed by atoms with Gasteiger partial charge in [-0.25, -0.2) is 0 Å². The van der Waals surface area contributed by atoms with Crippen LogP contribution in [0, 0.1) is 0 Å². The largest absolute Gasteiger partial charge is 0.326 e. The lowest BCUT2D eigenvalue weighted by molar-refractivity contribution is -0.114. The second-order valence-corrected chi connectivity index (χ2v) is 5.27. The van der Waals surface area contributed by atoms with E-state index in [4.69, 9.17) is 0 Å². The highest BCUT2D eigenvalue weighted by Crippen LogP contribution is 2.26. The summed E-state index contributed by atoms with van der Waals surface area (Å²) in [6.07, 6.45) is 2.18. The number of carbonyl (C=O) groups excluding carboxylic acids is 3. The van der Waals surface area contributed by atoms with E-state index in [-0.39, 0.29) is 24.3 Å². The van der Waals surface area contributed by atoms with E-state index >= 15 is 0 Å². The van der Waals surface area contributed by atoms with Gasteiger partial charge in [0, 0.05) is 37.5 Å². The van der Waals surface area contributed by atoms with Gasteiger partial charge >= 0.3 is 0 Å². The topological polar surface area (TPSA) is 79.4 Å². The Bertz CT molecular complexity index is 787. The van der Waals surface area contributed by atoms with Crippen LogP contribution in [0.1, 0.15) is 33.3 Å². The van der Waals surface area contributed by atoms with Crippen LogP contribution in [0.5, 0.6) is 0 Å². The standard InChI is InChI=1S/C17H15N3O3/c1-11(21)19-13-5-6-14-15(10-13)17(23)20(16(14)22)9-7-12-4-2-3-8-18-12/h2-6,8,10H,7,9H2,1H3,(H,19,21). The fraction of sp³-hybridized carbons (Fsp3) is 0.176. The van der Waals surface area contributed by atoms with Gasteiger partial charge in [-0.3, -0.25) is 24.3 Å². The lowest BCUT2D eigenvalue weighted by atomic mass is 10.1. The Balaban J connectivity index is 1.78. The van der Waals surface area contributed by atoms with Crippen LogP contribution >= 0.6 is 0 Å². The predicted molar refractivity (Wildman–Crippen MR) is 84.1 cm³/mol. The van der Waals surface area contributed by atoms with Crippen molar-refractivity contribution in [2.45, 2.75) is 13.3 Å². The van der Waals surface area contributed by atoms with Crippen LogP contribution in [0.3, 0.4) is 0 Å². The highest BCUT2D eigenvalue weighted by Gasteiger charge is 2.35. The van der Waals surface area contributed by atoms with E-state index in [0.29, 0.717) is 23.2 Å². The Morgan fingerprint density at radius 1 is 1.13 bits per heavy atom. The van der Waals surface area contributed by atoms with Crippen LogP contribution in [-0.4, -0.2) is 34.2 Å². The molecule has 0 saturated heterocycles. The summed E-state index contributed by atoms with van der Waals surface area (Å²) in [7, 11) is 0. The van der Waals surface area contributed by atoms with Crippen molar-refractivity contribution in [3.63, 3.8) is 0 Å². The quantitative estimate of drug-likeness (QED) is 0.875. The molecule has 2 heterocycles. The Labute approximate surface area is 133 Å². The maximum Gasteiger partial charge on any atom is 0.261 e. The van der Waals surface area contributed by atoms with E-state index < -0.39 is 0 Å². The fourth-order valence-electron chi connectivity index (χ4n) is 2.55. The lowest BCUT2D eigenvalue weighted by Crippen LogP contribution is -2.31. The minimum atomic E-state index is -0.340. The number of carbonyl (C=O) groups is 3. The molecule has 0 spiro atoms. The molecule has 0 fully saturated rings. The van der Waals surface area contributed by atoms with Gasteiger partial charge in [0.25, 0.3) is 11.8 Å². The Morgan fingerprint density at radius 3 is 2.61 bits per heavy atom. The van der Waals surface area contributed by atoms with Gasteiger partial charge in [-0.15, -0.1) is 0 Å². The molecule has 1 aliphatic heterocycles. The van der Waals surface area contributed by atoms with Crippen LogP contribution in [0.15, 0.2) is 42.6 Å². The third-order valence-corrected chi connectivity index (χ3v) is 3.61. The summed E-state index contributed by atoms with van der Waals surface area (Å²) in [5.74, 6) is -0.878. The Morgan fingerprint density at radius 2 is 1.91 bits per heavy atom. The Hall–Kier alpha value is -3.02. The first-order valence-corrected chi connectivity index (χ1v) is 7.24. The van der Waals surface area contributed by atoms with Crippen LogP contribution in [-0.2, 0) is 11.2 Å². The summed E-state index contributed by atoms with van der Waals surface area (Å²) in [6.45, 7) is 1.66. The minimum absolute atomic E-state index is 0.228. The van der Waals surface area contributed by atoms with E-state index in [9.17, 15) is 14.4 Å². The molecule has 2 aromatic rings. The molecule has 1 N–H and O–H groups in total. The number of hydrogen-bond acceptors (Lipinski definition) is 4. The zero-order valence-corrected chi connectivity index (χ0v) is 12.6. The normalized spacial score (nSPS) is 13.2. The number of anilines is 1. The molecular weight excluding hydrogens is 294 g/mol. The molecule has 1 aromatic carbocycles. The van der Waals surface area contributed by atoms with Crippen molar-refractivity contribution in [3.8, 4) is 0 Å². The molecule has 0 aliphatic carbocycles. The molecule has 1 aliphatic rings. The summed E-state index contributed by atoms with van der Waals surface area (Å²) < 4.78 is 0. The van der Waals surface area contributed by atoms with E-state index in [1.54, 1.807) is 18.3 Å². The van der Waals surface area contributed by atoms with Gasteiger partial charge in [0.05, 0.1) is 11.1 Å². The monoisotopic (exact) mass is 309 g/mol. The van der Waals surface area contributed by atoms with Crippen molar-refractivity contribution >= 4 is 23.4 Å². The molecule has 23 heavy (non-hydrogen) atoms. The van der Waals surface area contributed by atoms with Crippen molar-refractivity contribution in [2.75, 3.05) is 11.9 Å². The van der Waals surface area contributed by atoms with Gasteiger partial charge in [-0.2, -0.15) is 0 Å². The molecule has 0 atom stereocenters. The molecule has 6 heteroatoms. The summed E-state index contributed by atoms with van der Waals surface area (Å²) in [5.41, 5.74) is 2.01. The average Bonchev–Trinajstić information content (AvgIpc) is 2.77. The SMILES string of the molecule is CC(=O)Nc1ccc2c(c1)C(=O)N(CCc1ccccn1)C2=O. The summed E-state index contributed by atoms with van der Waals surface area (Å²) in [4.78, 5) is 41.3. The number of pyridine rings is 1. The number of nitrogens with one attached hydrogen (secondary N) is 1. The van der Waals surface area contributed by atoms with Crippen molar-refractivity contribution in [1.29, 1.82) is 0 Å². The third kappa shape index (κ3) is 2.96. The number of amides is 3. The van der Waals surface area contributed by atoms with E-state index in [0.717, 1.165) is 5.69 Å². The molecule has 6 nitrogen and oxygen atoms in total.